The van der Waals surface area contributed by atoms with Gasteiger partial charge in [0.2, 0.25) is 0 Å². The molecule has 0 aliphatic heterocycles. The van der Waals surface area contributed by atoms with Crippen molar-refractivity contribution in [3.05, 3.63) is 28.8 Å². The molecule has 2 N–H and O–H groups in total. The molecule has 2 heteroatoms. The van der Waals surface area contributed by atoms with E-state index in [-0.39, 0.29) is 6.10 Å². The predicted octanol–water partition coefficient (Wildman–Crippen LogP) is 2.59. The van der Waals surface area contributed by atoms with E-state index in [1.165, 1.54) is 16.7 Å². The van der Waals surface area contributed by atoms with Crippen LogP contribution in [0.15, 0.2) is 12.1 Å². The van der Waals surface area contributed by atoms with Gasteiger partial charge in [-0.1, -0.05) is 6.07 Å². The molecule has 0 spiro atoms. The van der Waals surface area contributed by atoms with Crippen molar-refractivity contribution in [2.24, 2.45) is 5.73 Å². The molecule has 0 radical (unpaired) electrons. The molecular weight excluding hydrogens is 186 g/mol. The summed E-state index contributed by atoms with van der Waals surface area (Å²) in [7, 11) is 0. The summed E-state index contributed by atoms with van der Waals surface area (Å²) in [5.74, 6) is 0.989. The third-order valence-electron chi connectivity index (χ3n) is 2.63. The van der Waals surface area contributed by atoms with Crippen molar-refractivity contribution in [2.75, 3.05) is 6.54 Å². The van der Waals surface area contributed by atoms with Gasteiger partial charge in [0, 0.05) is 0 Å². The molecule has 2 nitrogen and oxygen atoms in total. The molecule has 84 valence electrons. The first-order valence-electron chi connectivity index (χ1n) is 5.52. The van der Waals surface area contributed by atoms with Gasteiger partial charge in [-0.2, -0.15) is 0 Å². The SMILES string of the molecule is Cc1c(CCN)ccc(OC(C)C)c1C. The van der Waals surface area contributed by atoms with Crippen molar-refractivity contribution in [1.82, 2.24) is 0 Å². The molecule has 0 amide bonds. The Hall–Kier alpha value is -1.02. The van der Waals surface area contributed by atoms with Crippen molar-refractivity contribution >= 4 is 0 Å². The Morgan fingerprint density at radius 3 is 2.40 bits per heavy atom. The fourth-order valence-electron chi connectivity index (χ4n) is 1.66. The predicted molar refractivity (Wildman–Crippen MR) is 64.4 cm³/mol. The highest BCUT2D eigenvalue weighted by molar-refractivity contribution is 5.43. The van der Waals surface area contributed by atoms with Crippen molar-refractivity contribution < 1.29 is 4.74 Å². The number of hydrogen-bond donors (Lipinski definition) is 1. The van der Waals surface area contributed by atoms with Crippen LogP contribution in [0.4, 0.5) is 0 Å². The summed E-state index contributed by atoms with van der Waals surface area (Å²) in [4.78, 5) is 0. The zero-order chi connectivity index (χ0) is 11.4. The van der Waals surface area contributed by atoms with Crippen LogP contribution in [0, 0.1) is 13.8 Å². The minimum absolute atomic E-state index is 0.225. The first kappa shape index (κ1) is 12.1. The summed E-state index contributed by atoms with van der Waals surface area (Å²) in [6.07, 6.45) is 1.16. The first-order valence-corrected chi connectivity index (χ1v) is 5.52. The lowest BCUT2D eigenvalue weighted by Gasteiger charge is -2.16. The van der Waals surface area contributed by atoms with Crippen LogP contribution in [0.5, 0.6) is 5.75 Å². The highest BCUT2D eigenvalue weighted by Crippen LogP contribution is 2.25. The van der Waals surface area contributed by atoms with Gasteiger partial charge in [0.25, 0.3) is 0 Å². The molecule has 0 aromatic heterocycles. The molecule has 0 aliphatic rings. The number of benzene rings is 1. The zero-order valence-corrected chi connectivity index (χ0v) is 10.1. The second-order valence-electron chi connectivity index (χ2n) is 4.18. The van der Waals surface area contributed by atoms with Gasteiger partial charge in [0.1, 0.15) is 5.75 Å². The molecule has 0 saturated heterocycles. The van der Waals surface area contributed by atoms with E-state index in [1.807, 2.05) is 19.9 Å². The maximum Gasteiger partial charge on any atom is 0.122 e. The summed E-state index contributed by atoms with van der Waals surface area (Å²) >= 11 is 0. The van der Waals surface area contributed by atoms with E-state index in [1.54, 1.807) is 0 Å². The normalized spacial score (nSPS) is 10.8. The van der Waals surface area contributed by atoms with Crippen LogP contribution in [0.25, 0.3) is 0 Å². The van der Waals surface area contributed by atoms with E-state index in [2.05, 4.69) is 19.9 Å². The fourth-order valence-corrected chi connectivity index (χ4v) is 1.66. The van der Waals surface area contributed by atoms with E-state index in [9.17, 15) is 0 Å². The van der Waals surface area contributed by atoms with Crippen molar-refractivity contribution in [2.45, 2.75) is 40.2 Å². The zero-order valence-electron chi connectivity index (χ0n) is 10.1. The minimum Gasteiger partial charge on any atom is -0.491 e. The smallest absolute Gasteiger partial charge is 0.122 e. The number of nitrogens with two attached hydrogens (primary N) is 1. The Morgan fingerprint density at radius 1 is 1.20 bits per heavy atom. The van der Waals surface area contributed by atoms with Crippen LogP contribution in [-0.4, -0.2) is 12.6 Å². The summed E-state index contributed by atoms with van der Waals surface area (Å²) < 4.78 is 5.73. The Morgan fingerprint density at radius 2 is 1.87 bits per heavy atom. The van der Waals surface area contributed by atoms with Crippen LogP contribution in [0.1, 0.15) is 30.5 Å². The standard InChI is InChI=1S/C13H21NO/c1-9(2)15-13-6-5-12(7-8-14)10(3)11(13)4/h5-6,9H,7-8,14H2,1-4H3. The molecule has 1 aromatic rings. The number of hydrogen-bond acceptors (Lipinski definition) is 2. The molecule has 1 rings (SSSR count). The summed E-state index contributed by atoms with van der Waals surface area (Å²) in [6.45, 7) is 9.02. The lowest BCUT2D eigenvalue weighted by Crippen LogP contribution is -2.09. The molecular formula is C13H21NO. The lowest BCUT2D eigenvalue weighted by atomic mass is 10.00. The Bertz CT molecular complexity index is 332. The minimum atomic E-state index is 0.225. The van der Waals surface area contributed by atoms with Crippen molar-refractivity contribution in [3.8, 4) is 5.75 Å². The van der Waals surface area contributed by atoms with Gasteiger partial charge in [0.15, 0.2) is 0 Å². The van der Waals surface area contributed by atoms with Crippen LogP contribution in [-0.2, 0) is 6.42 Å². The average molecular weight is 207 g/mol. The van der Waals surface area contributed by atoms with E-state index in [0.29, 0.717) is 6.54 Å². The molecule has 1 aromatic carbocycles. The second kappa shape index (κ2) is 5.17. The average Bonchev–Trinajstić information content (AvgIpc) is 2.17. The van der Waals surface area contributed by atoms with E-state index in [0.717, 1.165) is 12.2 Å². The third-order valence-corrected chi connectivity index (χ3v) is 2.63. The largest absolute Gasteiger partial charge is 0.491 e. The summed E-state index contributed by atoms with van der Waals surface area (Å²) in [5.41, 5.74) is 9.43. The second-order valence-corrected chi connectivity index (χ2v) is 4.18. The quantitative estimate of drug-likeness (QED) is 0.823. The maximum atomic E-state index is 5.73. The molecule has 0 heterocycles. The molecule has 0 fully saturated rings. The van der Waals surface area contributed by atoms with Gasteiger partial charge in [-0.25, -0.2) is 0 Å². The lowest BCUT2D eigenvalue weighted by molar-refractivity contribution is 0.240. The topological polar surface area (TPSA) is 35.2 Å². The Labute approximate surface area is 92.4 Å². The van der Waals surface area contributed by atoms with Crippen LogP contribution in [0.3, 0.4) is 0 Å². The molecule has 0 atom stereocenters. The Kier molecular flexibility index (Phi) is 4.15. The van der Waals surface area contributed by atoms with Gasteiger partial charge in [-0.15, -0.1) is 0 Å². The van der Waals surface area contributed by atoms with Crippen LogP contribution >= 0.6 is 0 Å². The van der Waals surface area contributed by atoms with E-state index >= 15 is 0 Å². The van der Waals surface area contributed by atoms with Crippen LogP contribution < -0.4 is 10.5 Å². The van der Waals surface area contributed by atoms with E-state index < -0.39 is 0 Å². The van der Waals surface area contributed by atoms with Crippen LogP contribution in [0.2, 0.25) is 0 Å². The fraction of sp³-hybridized carbons (Fsp3) is 0.538. The Balaban J connectivity index is 2.98. The highest BCUT2D eigenvalue weighted by atomic mass is 16.5. The molecule has 0 bridgehead atoms. The number of ether oxygens (including phenoxy) is 1. The van der Waals surface area contributed by atoms with Gasteiger partial charge < -0.3 is 10.5 Å². The van der Waals surface area contributed by atoms with Gasteiger partial charge in [-0.3, -0.25) is 0 Å². The molecule has 0 unspecified atom stereocenters. The molecule has 0 aliphatic carbocycles. The van der Waals surface area contributed by atoms with Crippen molar-refractivity contribution in [3.63, 3.8) is 0 Å². The maximum absolute atomic E-state index is 5.73. The first-order chi connectivity index (χ1) is 7.06. The molecule has 0 saturated carbocycles. The van der Waals surface area contributed by atoms with Gasteiger partial charge in [-0.05, 0) is 63.4 Å². The summed E-state index contributed by atoms with van der Waals surface area (Å²) in [5, 5.41) is 0. The third kappa shape index (κ3) is 2.96. The molecule has 15 heavy (non-hydrogen) atoms. The van der Waals surface area contributed by atoms with Crippen molar-refractivity contribution in [1.29, 1.82) is 0 Å². The van der Waals surface area contributed by atoms with E-state index in [4.69, 9.17) is 10.5 Å². The highest BCUT2D eigenvalue weighted by Gasteiger charge is 2.07. The van der Waals surface area contributed by atoms with Gasteiger partial charge in [0.05, 0.1) is 6.10 Å². The summed E-state index contributed by atoms with van der Waals surface area (Å²) in [6, 6.07) is 4.17. The number of rotatable bonds is 4. The van der Waals surface area contributed by atoms with Gasteiger partial charge >= 0.3 is 0 Å². The monoisotopic (exact) mass is 207 g/mol.